The summed E-state index contributed by atoms with van der Waals surface area (Å²) in [5, 5.41) is 12.9. The number of sulfone groups is 1. The van der Waals surface area contributed by atoms with Gasteiger partial charge in [-0.3, -0.25) is 0 Å². The molecule has 1 fully saturated rings. The summed E-state index contributed by atoms with van der Waals surface area (Å²) in [6, 6.07) is 2.23. The molecule has 0 aliphatic heterocycles. The van der Waals surface area contributed by atoms with E-state index in [9.17, 15) is 8.42 Å². The zero-order chi connectivity index (χ0) is 14.8. The number of hydrogen-bond donors (Lipinski definition) is 2. The highest BCUT2D eigenvalue weighted by atomic mass is 32.2. The fourth-order valence-corrected chi connectivity index (χ4v) is 5.02. The van der Waals surface area contributed by atoms with Crippen LogP contribution in [-0.4, -0.2) is 20.7 Å². The number of nitrogens with zero attached hydrogens (tertiary/aromatic N) is 1. The van der Waals surface area contributed by atoms with Crippen LogP contribution in [0.25, 0.3) is 0 Å². The van der Waals surface area contributed by atoms with Crippen LogP contribution in [0, 0.1) is 11.3 Å². The first-order valence-electron chi connectivity index (χ1n) is 6.72. The van der Waals surface area contributed by atoms with Gasteiger partial charge in [-0.25, -0.2) is 8.42 Å². The Morgan fingerprint density at radius 1 is 1.30 bits per heavy atom. The summed E-state index contributed by atoms with van der Waals surface area (Å²) in [7, 11) is -3.44. The van der Waals surface area contributed by atoms with Crippen molar-refractivity contribution in [3.05, 3.63) is 4.88 Å². The zero-order valence-corrected chi connectivity index (χ0v) is 13.1. The van der Waals surface area contributed by atoms with Crippen LogP contribution in [0.2, 0.25) is 0 Å². The van der Waals surface area contributed by atoms with Crippen molar-refractivity contribution in [1.29, 1.82) is 5.26 Å². The molecule has 1 heterocycles. The SMILES string of the molecule is CS(=O)(=O)c1c(NC2CCCCCC2)sc(C#N)c1N. The lowest BCUT2D eigenvalue weighted by molar-refractivity contribution is 0.600. The second kappa shape index (κ2) is 6.02. The van der Waals surface area contributed by atoms with Gasteiger partial charge in [0, 0.05) is 12.3 Å². The van der Waals surface area contributed by atoms with Gasteiger partial charge in [0.1, 0.15) is 20.8 Å². The maximum Gasteiger partial charge on any atom is 0.180 e. The van der Waals surface area contributed by atoms with Crippen LogP contribution in [0.1, 0.15) is 43.4 Å². The van der Waals surface area contributed by atoms with Gasteiger partial charge in [-0.15, -0.1) is 11.3 Å². The van der Waals surface area contributed by atoms with E-state index < -0.39 is 9.84 Å². The lowest BCUT2D eigenvalue weighted by Crippen LogP contribution is -2.19. The summed E-state index contributed by atoms with van der Waals surface area (Å²) in [6.45, 7) is 0. The first-order valence-corrected chi connectivity index (χ1v) is 9.43. The Kier molecular flexibility index (Phi) is 4.55. The molecule has 20 heavy (non-hydrogen) atoms. The fraction of sp³-hybridized carbons (Fsp3) is 0.615. The van der Waals surface area contributed by atoms with Gasteiger partial charge < -0.3 is 11.1 Å². The quantitative estimate of drug-likeness (QED) is 0.836. The predicted octanol–water partition coefficient (Wildman–Crippen LogP) is 2.74. The van der Waals surface area contributed by atoms with Crippen LogP contribution < -0.4 is 11.1 Å². The molecule has 0 bridgehead atoms. The minimum atomic E-state index is -3.44. The second-order valence-corrected chi connectivity index (χ2v) is 8.19. The second-order valence-electron chi connectivity index (χ2n) is 5.22. The smallest absolute Gasteiger partial charge is 0.180 e. The Bertz CT molecular complexity index is 621. The molecule has 0 saturated heterocycles. The largest absolute Gasteiger partial charge is 0.396 e. The lowest BCUT2D eigenvalue weighted by atomic mass is 10.1. The van der Waals surface area contributed by atoms with E-state index in [1.54, 1.807) is 0 Å². The molecule has 0 aromatic carbocycles. The van der Waals surface area contributed by atoms with Crippen molar-refractivity contribution in [2.45, 2.75) is 49.5 Å². The van der Waals surface area contributed by atoms with Gasteiger partial charge in [-0.05, 0) is 12.8 Å². The number of rotatable bonds is 3. The summed E-state index contributed by atoms with van der Waals surface area (Å²) in [5.74, 6) is 0. The molecular weight excluding hydrogens is 294 g/mol. The van der Waals surface area contributed by atoms with Gasteiger partial charge in [0.05, 0.1) is 5.69 Å². The number of hydrogen-bond acceptors (Lipinski definition) is 6. The third-order valence-electron chi connectivity index (χ3n) is 3.56. The summed E-state index contributed by atoms with van der Waals surface area (Å²) >= 11 is 1.14. The van der Waals surface area contributed by atoms with Gasteiger partial charge in [0.2, 0.25) is 0 Å². The highest BCUT2D eigenvalue weighted by molar-refractivity contribution is 7.91. The Morgan fingerprint density at radius 2 is 1.90 bits per heavy atom. The molecule has 7 heteroatoms. The number of nitrogen functional groups attached to an aromatic ring is 1. The molecule has 1 aliphatic rings. The molecule has 2 rings (SSSR count). The fourth-order valence-electron chi connectivity index (χ4n) is 2.58. The maximum atomic E-state index is 11.9. The van der Waals surface area contributed by atoms with E-state index in [1.807, 2.05) is 6.07 Å². The van der Waals surface area contributed by atoms with Crippen molar-refractivity contribution in [3.8, 4) is 6.07 Å². The van der Waals surface area contributed by atoms with Crippen molar-refractivity contribution in [1.82, 2.24) is 0 Å². The molecule has 0 amide bonds. The van der Waals surface area contributed by atoms with Crippen molar-refractivity contribution >= 4 is 31.9 Å². The third kappa shape index (κ3) is 3.25. The number of thiophene rings is 1. The van der Waals surface area contributed by atoms with Crippen LogP contribution in [0.3, 0.4) is 0 Å². The van der Waals surface area contributed by atoms with E-state index in [0.29, 0.717) is 5.00 Å². The average Bonchev–Trinajstić information content (AvgIpc) is 2.53. The van der Waals surface area contributed by atoms with E-state index in [0.717, 1.165) is 43.3 Å². The lowest BCUT2D eigenvalue weighted by Gasteiger charge is -2.17. The van der Waals surface area contributed by atoms with Crippen LogP contribution >= 0.6 is 11.3 Å². The number of nitrogens with two attached hydrogens (primary N) is 1. The van der Waals surface area contributed by atoms with E-state index in [2.05, 4.69) is 5.32 Å². The average molecular weight is 313 g/mol. The standard InChI is InChI=1S/C13H19N3O2S2/c1-20(17,18)12-11(15)10(8-14)19-13(12)16-9-6-4-2-3-5-7-9/h9,16H,2-7,15H2,1H3. The molecule has 0 unspecified atom stereocenters. The summed E-state index contributed by atoms with van der Waals surface area (Å²) in [5.41, 5.74) is 5.89. The summed E-state index contributed by atoms with van der Waals surface area (Å²) in [4.78, 5) is 0.352. The van der Waals surface area contributed by atoms with Crippen LogP contribution in [-0.2, 0) is 9.84 Å². The number of anilines is 2. The highest BCUT2D eigenvalue weighted by Crippen LogP contribution is 2.39. The molecule has 1 aromatic heterocycles. The van der Waals surface area contributed by atoms with Crippen molar-refractivity contribution in [3.63, 3.8) is 0 Å². The van der Waals surface area contributed by atoms with E-state index in [-0.39, 0.29) is 21.5 Å². The van der Waals surface area contributed by atoms with Crippen molar-refractivity contribution in [2.75, 3.05) is 17.3 Å². The van der Waals surface area contributed by atoms with Crippen molar-refractivity contribution < 1.29 is 8.42 Å². The van der Waals surface area contributed by atoms with Gasteiger partial charge in [-0.1, -0.05) is 25.7 Å². The molecule has 3 N–H and O–H groups in total. The molecule has 5 nitrogen and oxygen atoms in total. The predicted molar refractivity (Wildman–Crippen MR) is 81.7 cm³/mol. The Balaban J connectivity index is 2.33. The van der Waals surface area contributed by atoms with E-state index >= 15 is 0 Å². The topological polar surface area (TPSA) is 96.0 Å². The molecule has 1 aliphatic carbocycles. The molecule has 0 atom stereocenters. The molecular formula is C13H19N3O2S2. The van der Waals surface area contributed by atoms with E-state index in [1.165, 1.54) is 12.8 Å². The third-order valence-corrected chi connectivity index (χ3v) is 5.90. The first kappa shape index (κ1) is 15.1. The first-order chi connectivity index (χ1) is 9.43. The van der Waals surface area contributed by atoms with Crippen LogP contribution in [0.4, 0.5) is 10.7 Å². The Hall–Kier alpha value is -1.26. The minimum absolute atomic E-state index is 0.0797. The van der Waals surface area contributed by atoms with Gasteiger partial charge >= 0.3 is 0 Å². The molecule has 1 saturated carbocycles. The van der Waals surface area contributed by atoms with Crippen LogP contribution in [0.15, 0.2) is 4.90 Å². The molecule has 1 aromatic rings. The van der Waals surface area contributed by atoms with Gasteiger partial charge in [-0.2, -0.15) is 5.26 Å². The molecule has 0 radical (unpaired) electrons. The summed E-state index contributed by atoms with van der Waals surface area (Å²) in [6.07, 6.45) is 7.95. The number of nitriles is 1. The monoisotopic (exact) mass is 313 g/mol. The normalized spacial score (nSPS) is 17.4. The van der Waals surface area contributed by atoms with Gasteiger partial charge in [0.25, 0.3) is 0 Å². The number of nitrogens with one attached hydrogen (secondary N) is 1. The summed E-state index contributed by atoms with van der Waals surface area (Å²) < 4.78 is 23.8. The minimum Gasteiger partial charge on any atom is -0.396 e. The highest BCUT2D eigenvalue weighted by Gasteiger charge is 2.25. The Labute approximate surface area is 123 Å². The molecule has 110 valence electrons. The maximum absolute atomic E-state index is 11.9. The van der Waals surface area contributed by atoms with Gasteiger partial charge in [0.15, 0.2) is 9.84 Å². The van der Waals surface area contributed by atoms with Crippen molar-refractivity contribution in [2.24, 2.45) is 0 Å². The van der Waals surface area contributed by atoms with E-state index in [4.69, 9.17) is 11.0 Å². The Morgan fingerprint density at radius 3 is 2.40 bits per heavy atom. The van der Waals surface area contributed by atoms with Crippen LogP contribution in [0.5, 0.6) is 0 Å². The zero-order valence-electron chi connectivity index (χ0n) is 11.5. The molecule has 0 spiro atoms.